The minimum Gasteiger partial charge on any atom is -0.383 e. The van der Waals surface area contributed by atoms with Gasteiger partial charge in [-0.05, 0) is 57.2 Å². The third-order valence-electron chi connectivity index (χ3n) is 5.30. The number of methoxy groups -OCH3 is 1. The number of carbonyl (C=O) groups excluding carboxylic acids is 1. The van der Waals surface area contributed by atoms with E-state index in [2.05, 4.69) is 25.2 Å². The summed E-state index contributed by atoms with van der Waals surface area (Å²) in [4.78, 5) is 26.6. The van der Waals surface area contributed by atoms with E-state index in [1.165, 1.54) is 0 Å². The van der Waals surface area contributed by atoms with E-state index in [1.54, 1.807) is 19.2 Å². The number of aryl methyl sites for hydroxylation is 2. The third kappa shape index (κ3) is 5.18. The lowest BCUT2D eigenvalue weighted by Crippen LogP contribution is -2.29. The molecule has 1 unspecified atom stereocenters. The fourth-order valence-corrected chi connectivity index (χ4v) is 3.84. The molecule has 4 rings (SSSR count). The van der Waals surface area contributed by atoms with Gasteiger partial charge in [0.1, 0.15) is 5.82 Å². The maximum Gasteiger partial charge on any atom is 0.251 e. The molecule has 4 aromatic rings. The molecule has 0 spiro atoms. The highest BCUT2D eigenvalue weighted by Crippen LogP contribution is 2.22. The van der Waals surface area contributed by atoms with Crippen LogP contribution in [-0.4, -0.2) is 39.1 Å². The van der Waals surface area contributed by atoms with Gasteiger partial charge in [0.05, 0.1) is 23.7 Å². The van der Waals surface area contributed by atoms with Crippen LogP contribution < -0.4 is 10.6 Å². The smallest absolute Gasteiger partial charge is 0.251 e. The number of fused-ring (bicyclic) bond motifs is 1. The van der Waals surface area contributed by atoms with Crippen molar-refractivity contribution in [3.8, 4) is 0 Å². The molecule has 2 aromatic heterocycles. The Morgan fingerprint density at radius 3 is 2.55 bits per heavy atom. The summed E-state index contributed by atoms with van der Waals surface area (Å²) in [5.41, 5.74) is 4.95. The van der Waals surface area contributed by atoms with Crippen molar-refractivity contribution in [1.82, 2.24) is 24.8 Å². The molecule has 2 N–H and O–H groups in total. The van der Waals surface area contributed by atoms with Gasteiger partial charge < -0.3 is 19.9 Å². The number of anilines is 2. The van der Waals surface area contributed by atoms with Crippen LogP contribution in [0.1, 0.15) is 40.5 Å². The zero-order valence-electron chi connectivity index (χ0n) is 19.3. The number of hydrogen-bond donors (Lipinski definition) is 2. The number of para-hydroxylation sites is 2. The number of hydrogen-bond acceptors (Lipinski definition) is 6. The Morgan fingerprint density at radius 2 is 1.79 bits per heavy atom. The highest BCUT2D eigenvalue weighted by molar-refractivity contribution is 5.95. The maximum atomic E-state index is 13.0. The first-order chi connectivity index (χ1) is 15.9. The summed E-state index contributed by atoms with van der Waals surface area (Å²) in [6.45, 7) is 6.99. The average molecular weight is 445 g/mol. The van der Waals surface area contributed by atoms with E-state index in [4.69, 9.17) is 9.72 Å². The average Bonchev–Trinajstić information content (AvgIpc) is 3.16. The van der Waals surface area contributed by atoms with E-state index < -0.39 is 0 Å². The van der Waals surface area contributed by atoms with E-state index in [9.17, 15) is 4.79 Å². The van der Waals surface area contributed by atoms with Gasteiger partial charge in [-0.25, -0.2) is 15.0 Å². The van der Waals surface area contributed by atoms with Crippen molar-refractivity contribution in [2.24, 2.45) is 0 Å². The summed E-state index contributed by atoms with van der Waals surface area (Å²) in [5.74, 6) is 1.11. The minimum absolute atomic E-state index is 0.183. The molecule has 0 aliphatic carbocycles. The zero-order chi connectivity index (χ0) is 23.4. The van der Waals surface area contributed by atoms with E-state index in [-0.39, 0.29) is 11.9 Å². The first-order valence-corrected chi connectivity index (χ1v) is 10.9. The second-order valence-corrected chi connectivity index (χ2v) is 7.98. The molecular formula is C25H28N6O2. The molecule has 0 radical (unpaired) electrons. The van der Waals surface area contributed by atoms with Crippen LogP contribution in [0.15, 0.2) is 54.6 Å². The van der Waals surface area contributed by atoms with Crippen molar-refractivity contribution in [1.29, 1.82) is 0 Å². The number of carbonyl (C=O) groups is 1. The van der Waals surface area contributed by atoms with Gasteiger partial charge in [0.15, 0.2) is 0 Å². The molecule has 2 heterocycles. The SMILES string of the molecule is COCCn1c(C(C)NC(=O)c2cccc(Nc3nc(C)cc(C)n3)c2)nc2ccccc21. The number of amides is 1. The zero-order valence-corrected chi connectivity index (χ0v) is 19.3. The van der Waals surface area contributed by atoms with Crippen molar-refractivity contribution in [3.05, 3.63) is 77.4 Å². The van der Waals surface area contributed by atoms with Crippen LogP contribution in [0.2, 0.25) is 0 Å². The second kappa shape index (κ2) is 9.79. The van der Waals surface area contributed by atoms with Crippen LogP contribution >= 0.6 is 0 Å². The molecule has 1 amide bonds. The summed E-state index contributed by atoms with van der Waals surface area (Å²) in [6, 6.07) is 16.8. The molecule has 0 bridgehead atoms. The van der Waals surface area contributed by atoms with Gasteiger partial charge >= 0.3 is 0 Å². The molecule has 170 valence electrons. The Bertz CT molecular complexity index is 1260. The Kier molecular flexibility index (Phi) is 6.65. The molecule has 8 heteroatoms. The van der Waals surface area contributed by atoms with E-state index in [0.717, 1.165) is 33.9 Å². The number of ether oxygens (including phenoxy) is 1. The highest BCUT2D eigenvalue weighted by atomic mass is 16.5. The normalized spacial score (nSPS) is 12.0. The molecule has 2 aromatic carbocycles. The van der Waals surface area contributed by atoms with Crippen molar-refractivity contribution in [3.63, 3.8) is 0 Å². The molecule has 0 fully saturated rings. The topological polar surface area (TPSA) is 94.0 Å². The molecule has 0 aliphatic rings. The number of nitrogens with one attached hydrogen (secondary N) is 2. The van der Waals surface area contributed by atoms with Crippen molar-refractivity contribution in [2.75, 3.05) is 19.0 Å². The quantitative estimate of drug-likeness (QED) is 0.420. The lowest BCUT2D eigenvalue weighted by molar-refractivity contribution is 0.0937. The third-order valence-corrected chi connectivity index (χ3v) is 5.30. The van der Waals surface area contributed by atoms with Gasteiger partial charge in [-0.15, -0.1) is 0 Å². The Hall–Kier alpha value is -3.78. The van der Waals surface area contributed by atoms with Crippen molar-refractivity contribution < 1.29 is 9.53 Å². The maximum absolute atomic E-state index is 13.0. The van der Waals surface area contributed by atoms with Crippen LogP contribution in [0.25, 0.3) is 11.0 Å². The number of rotatable bonds is 8. The predicted octanol–water partition coefficient (Wildman–Crippen LogP) is 4.32. The molecule has 0 aliphatic heterocycles. The van der Waals surface area contributed by atoms with Gasteiger partial charge in [-0.3, -0.25) is 4.79 Å². The lowest BCUT2D eigenvalue weighted by Gasteiger charge is -2.16. The highest BCUT2D eigenvalue weighted by Gasteiger charge is 2.19. The molecule has 33 heavy (non-hydrogen) atoms. The molecule has 8 nitrogen and oxygen atoms in total. The van der Waals surface area contributed by atoms with Gasteiger partial charge in [0.2, 0.25) is 5.95 Å². The number of aromatic nitrogens is 4. The summed E-state index contributed by atoms with van der Waals surface area (Å²) < 4.78 is 7.37. The minimum atomic E-state index is -0.291. The van der Waals surface area contributed by atoms with Crippen LogP contribution in [-0.2, 0) is 11.3 Å². The largest absolute Gasteiger partial charge is 0.383 e. The van der Waals surface area contributed by atoms with Crippen molar-refractivity contribution >= 4 is 28.6 Å². The number of nitrogens with zero attached hydrogens (tertiary/aromatic N) is 4. The fraction of sp³-hybridized carbons (Fsp3) is 0.280. The molecule has 0 saturated heterocycles. The lowest BCUT2D eigenvalue weighted by atomic mass is 10.1. The van der Waals surface area contributed by atoms with Crippen LogP contribution in [0, 0.1) is 13.8 Å². The summed E-state index contributed by atoms with van der Waals surface area (Å²) in [5, 5.41) is 6.26. The molecular weight excluding hydrogens is 416 g/mol. The van der Waals surface area contributed by atoms with Crippen LogP contribution in [0.5, 0.6) is 0 Å². The molecule has 0 saturated carbocycles. The van der Waals surface area contributed by atoms with Crippen LogP contribution in [0.3, 0.4) is 0 Å². The van der Waals surface area contributed by atoms with E-state index in [0.29, 0.717) is 24.7 Å². The van der Waals surface area contributed by atoms with Crippen molar-refractivity contribution in [2.45, 2.75) is 33.4 Å². The van der Waals surface area contributed by atoms with Gasteiger partial charge in [-0.2, -0.15) is 0 Å². The first kappa shape index (κ1) is 22.4. The van der Waals surface area contributed by atoms with Gasteiger partial charge in [0.25, 0.3) is 5.91 Å². The van der Waals surface area contributed by atoms with Gasteiger partial charge in [0, 0.05) is 36.3 Å². The monoisotopic (exact) mass is 444 g/mol. The Balaban J connectivity index is 1.53. The fourth-order valence-electron chi connectivity index (χ4n) is 3.84. The van der Waals surface area contributed by atoms with E-state index in [1.807, 2.05) is 63.2 Å². The predicted molar refractivity (Wildman–Crippen MR) is 129 cm³/mol. The standard InChI is InChI=1S/C25H28N6O2/c1-16-14-17(2)27-25(26-16)29-20-9-7-8-19(15-20)24(32)28-18(3)23-30-21-10-5-6-11-22(21)31(23)12-13-33-4/h5-11,14-15,18H,12-13H2,1-4H3,(H,28,32)(H,26,27,29). The Morgan fingerprint density at radius 1 is 1.03 bits per heavy atom. The summed E-state index contributed by atoms with van der Waals surface area (Å²) in [6.07, 6.45) is 0. The number of imidazole rings is 1. The van der Waals surface area contributed by atoms with Gasteiger partial charge in [-0.1, -0.05) is 18.2 Å². The summed E-state index contributed by atoms with van der Waals surface area (Å²) >= 11 is 0. The second-order valence-electron chi connectivity index (χ2n) is 7.98. The first-order valence-electron chi connectivity index (χ1n) is 10.9. The number of benzene rings is 2. The summed E-state index contributed by atoms with van der Waals surface area (Å²) in [7, 11) is 1.67. The molecule has 1 atom stereocenters. The van der Waals surface area contributed by atoms with E-state index >= 15 is 0 Å². The Labute approximate surface area is 193 Å². The van der Waals surface area contributed by atoms with Crippen LogP contribution in [0.4, 0.5) is 11.6 Å².